The summed E-state index contributed by atoms with van der Waals surface area (Å²) in [7, 11) is 0. The molecule has 1 aliphatic heterocycles. The summed E-state index contributed by atoms with van der Waals surface area (Å²) in [5.74, 6) is 0.409. The third-order valence-electron chi connectivity index (χ3n) is 7.05. The molecule has 2 N–H and O–H groups in total. The summed E-state index contributed by atoms with van der Waals surface area (Å²) in [4.78, 5) is 30.5. The smallest absolute Gasteiger partial charge is 0.293 e. The zero-order valence-electron chi connectivity index (χ0n) is 24.5. The van der Waals surface area contributed by atoms with Gasteiger partial charge in [0.05, 0.1) is 12.4 Å². The third kappa shape index (κ3) is 6.47. The van der Waals surface area contributed by atoms with Crippen molar-refractivity contribution in [2.45, 2.75) is 77.9 Å². The largest absolute Gasteiger partial charge is 0.350 e. The maximum atomic E-state index is 12.4. The number of hydrogen-bond acceptors (Lipinski definition) is 7. The minimum atomic E-state index is -0.364. The summed E-state index contributed by atoms with van der Waals surface area (Å²) in [5.41, 5.74) is 7.99. The van der Waals surface area contributed by atoms with E-state index in [0.717, 1.165) is 47.6 Å². The van der Waals surface area contributed by atoms with Crippen LogP contribution in [-0.2, 0) is 20.4 Å². The first kappa shape index (κ1) is 28.4. The number of nitrogens with zero attached hydrogens (tertiary/aromatic N) is 6. The molecule has 5 aromatic rings. The predicted octanol–water partition coefficient (Wildman–Crippen LogP) is 5.24. The van der Waals surface area contributed by atoms with E-state index in [4.69, 9.17) is 9.57 Å². The number of carbonyl (C=O) groups excluding carboxylic acids is 1. The van der Waals surface area contributed by atoms with E-state index in [1.54, 1.807) is 10.6 Å². The summed E-state index contributed by atoms with van der Waals surface area (Å²) in [6.07, 6.45) is 11.4. The van der Waals surface area contributed by atoms with Crippen molar-refractivity contribution >= 4 is 17.2 Å². The first-order valence-electron chi connectivity index (χ1n) is 13.9. The molecule has 1 fully saturated rings. The van der Waals surface area contributed by atoms with Crippen molar-refractivity contribution in [2.24, 2.45) is 0 Å². The SMILES string of the molecule is CC(C)(C)c1ccc2ncc(-c3ncn[nH]3)n2c1.CC(C)(C)c1ccc2ncc(C(=O)NOC3CCCCO3)n2c1. The maximum Gasteiger partial charge on any atom is 0.293 e. The van der Waals surface area contributed by atoms with E-state index in [9.17, 15) is 4.79 Å². The van der Waals surface area contributed by atoms with Gasteiger partial charge in [0, 0.05) is 25.4 Å². The minimum Gasteiger partial charge on any atom is -0.350 e. The van der Waals surface area contributed by atoms with Crippen LogP contribution < -0.4 is 5.48 Å². The van der Waals surface area contributed by atoms with E-state index in [-0.39, 0.29) is 23.0 Å². The molecule has 41 heavy (non-hydrogen) atoms. The Bertz CT molecular complexity index is 1620. The highest BCUT2D eigenvalue weighted by atomic mass is 16.8. The molecule has 1 saturated heterocycles. The summed E-state index contributed by atoms with van der Waals surface area (Å²) >= 11 is 0. The average Bonchev–Trinajstić information content (AvgIpc) is 3.70. The summed E-state index contributed by atoms with van der Waals surface area (Å²) in [5, 5.41) is 6.75. The summed E-state index contributed by atoms with van der Waals surface area (Å²) < 4.78 is 9.27. The van der Waals surface area contributed by atoms with E-state index in [1.165, 1.54) is 11.9 Å². The Morgan fingerprint density at radius 2 is 1.59 bits per heavy atom. The van der Waals surface area contributed by atoms with Gasteiger partial charge in [-0.3, -0.25) is 18.7 Å². The molecule has 1 amide bonds. The van der Waals surface area contributed by atoms with Crippen LogP contribution in [0.3, 0.4) is 0 Å². The van der Waals surface area contributed by atoms with Crippen LogP contribution in [-0.4, -0.2) is 52.8 Å². The van der Waals surface area contributed by atoms with Crippen LogP contribution in [0.5, 0.6) is 0 Å². The van der Waals surface area contributed by atoms with Gasteiger partial charge in [-0.1, -0.05) is 53.7 Å². The van der Waals surface area contributed by atoms with E-state index < -0.39 is 0 Å². The van der Waals surface area contributed by atoms with Crippen LogP contribution in [0.4, 0.5) is 0 Å². The van der Waals surface area contributed by atoms with Gasteiger partial charge in [0.15, 0.2) is 12.1 Å². The van der Waals surface area contributed by atoms with Crippen LogP contribution in [0.2, 0.25) is 0 Å². The fourth-order valence-electron chi connectivity index (χ4n) is 4.50. The maximum absolute atomic E-state index is 12.4. The molecule has 0 aromatic carbocycles. The van der Waals surface area contributed by atoms with Crippen LogP contribution >= 0.6 is 0 Å². The highest BCUT2D eigenvalue weighted by Gasteiger charge is 2.20. The zero-order valence-corrected chi connectivity index (χ0v) is 24.5. The lowest BCUT2D eigenvalue weighted by atomic mass is 9.88. The Balaban J connectivity index is 0.000000169. The van der Waals surface area contributed by atoms with Crippen molar-refractivity contribution in [3.8, 4) is 11.5 Å². The predicted molar refractivity (Wildman–Crippen MR) is 155 cm³/mol. The molecule has 11 nitrogen and oxygen atoms in total. The standard InChI is InChI=1S/C17H23N3O3.C13H15N5/c1-17(2,3)12-7-8-14-18-10-13(20(14)11-12)16(21)19-23-15-6-4-5-9-22-15;1-13(2,3)9-4-5-11-14-6-10(18(11)7-9)12-15-8-16-17-12/h7-8,10-11,15H,4-6,9H2,1-3H3,(H,19,21);4-8H,1-3H3,(H,15,16,17). The van der Waals surface area contributed by atoms with Gasteiger partial charge in [-0.2, -0.15) is 5.10 Å². The van der Waals surface area contributed by atoms with Gasteiger partial charge in [0.2, 0.25) is 0 Å². The number of hydrogen-bond donors (Lipinski definition) is 2. The molecule has 1 aliphatic rings. The Morgan fingerprint density at radius 3 is 2.20 bits per heavy atom. The highest BCUT2D eigenvalue weighted by Crippen LogP contribution is 2.25. The van der Waals surface area contributed by atoms with Crippen molar-refractivity contribution in [3.63, 3.8) is 0 Å². The second kappa shape index (κ2) is 11.4. The molecule has 11 heteroatoms. The molecule has 0 spiro atoms. The number of pyridine rings is 2. The Hall–Kier alpha value is -4.09. The summed E-state index contributed by atoms with van der Waals surface area (Å²) in [6.45, 7) is 13.7. The number of ether oxygens (including phenoxy) is 1. The fourth-order valence-corrected chi connectivity index (χ4v) is 4.50. The number of aromatic amines is 1. The fraction of sp³-hybridized carbons (Fsp3) is 0.433. The molecule has 0 saturated carbocycles. The molecule has 6 rings (SSSR count). The zero-order chi connectivity index (χ0) is 29.2. The molecular weight excluding hydrogens is 520 g/mol. The number of H-pyrrole nitrogens is 1. The first-order valence-corrected chi connectivity index (χ1v) is 13.9. The van der Waals surface area contributed by atoms with Gasteiger partial charge in [0.25, 0.3) is 5.91 Å². The lowest BCUT2D eigenvalue weighted by Crippen LogP contribution is -2.33. The molecule has 6 heterocycles. The van der Waals surface area contributed by atoms with Crippen molar-refractivity contribution in [3.05, 3.63) is 72.2 Å². The van der Waals surface area contributed by atoms with Gasteiger partial charge in [-0.25, -0.2) is 25.3 Å². The molecule has 5 aromatic heterocycles. The molecule has 0 aliphatic carbocycles. The van der Waals surface area contributed by atoms with Crippen LogP contribution in [0.15, 0.2) is 55.4 Å². The number of rotatable bonds is 4. The van der Waals surface area contributed by atoms with Gasteiger partial charge < -0.3 is 4.74 Å². The molecule has 0 bridgehead atoms. The van der Waals surface area contributed by atoms with Gasteiger partial charge in [-0.05, 0) is 46.9 Å². The number of hydroxylamine groups is 1. The highest BCUT2D eigenvalue weighted by molar-refractivity contribution is 5.92. The van der Waals surface area contributed by atoms with Crippen LogP contribution in [0, 0.1) is 0 Å². The van der Waals surface area contributed by atoms with Crippen molar-refractivity contribution < 1.29 is 14.4 Å². The normalized spacial score (nSPS) is 16.0. The lowest BCUT2D eigenvalue weighted by Gasteiger charge is -2.22. The summed E-state index contributed by atoms with van der Waals surface area (Å²) in [6, 6.07) is 8.10. The monoisotopic (exact) mass is 558 g/mol. The van der Waals surface area contributed by atoms with Gasteiger partial charge in [0.1, 0.15) is 29.0 Å². The van der Waals surface area contributed by atoms with Gasteiger partial charge in [-0.15, -0.1) is 0 Å². The van der Waals surface area contributed by atoms with Crippen molar-refractivity contribution in [1.29, 1.82) is 0 Å². The Labute approximate surface area is 239 Å². The number of amides is 1. The van der Waals surface area contributed by atoms with E-state index in [1.807, 2.05) is 35.0 Å². The quantitative estimate of drug-likeness (QED) is 0.289. The molecule has 1 atom stereocenters. The lowest BCUT2D eigenvalue weighted by molar-refractivity contribution is -0.186. The van der Waals surface area contributed by atoms with Crippen molar-refractivity contribution in [1.82, 2.24) is 39.4 Å². The number of nitrogens with one attached hydrogen (secondary N) is 2. The average molecular weight is 559 g/mol. The topological polar surface area (TPSA) is 124 Å². The second-order valence-electron chi connectivity index (χ2n) is 12.3. The third-order valence-corrected chi connectivity index (χ3v) is 7.05. The van der Waals surface area contributed by atoms with E-state index >= 15 is 0 Å². The Morgan fingerprint density at radius 1 is 0.927 bits per heavy atom. The van der Waals surface area contributed by atoms with E-state index in [0.29, 0.717) is 12.3 Å². The number of imidazole rings is 2. The minimum absolute atomic E-state index is 0.00135. The Kier molecular flexibility index (Phi) is 7.92. The number of carbonyl (C=O) groups is 1. The molecular formula is C30H38N8O3. The van der Waals surface area contributed by atoms with E-state index in [2.05, 4.69) is 84.4 Å². The first-order chi connectivity index (χ1) is 19.5. The van der Waals surface area contributed by atoms with Gasteiger partial charge >= 0.3 is 0 Å². The molecule has 1 unspecified atom stereocenters. The molecule has 0 radical (unpaired) electrons. The van der Waals surface area contributed by atoms with Crippen LogP contribution in [0.1, 0.15) is 82.4 Å². The molecule has 216 valence electrons. The number of fused-ring (bicyclic) bond motifs is 2. The second-order valence-corrected chi connectivity index (χ2v) is 12.3. The number of aromatic nitrogens is 7. The van der Waals surface area contributed by atoms with Crippen molar-refractivity contribution in [2.75, 3.05) is 6.61 Å². The van der Waals surface area contributed by atoms with Crippen LogP contribution in [0.25, 0.3) is 22.8 Å².